The first-order valence-electron chi connectivity index (χ1n) is 15.8. The summed E-state index contributed by atoms with van der Waals surface area (Å²) in [6.45, 7) is 4.23. The van der Waals surface area contributed by atoms with E-state index in [-0.39, 0.29) is 33.7 Å². The molecule has 8 rings (SSSR count). The summed E-state index contributed by atoms with van der Waals surface area (Å²) in [6.07, 6.45) is 0. The van der Waals surface area contributed by atoms with E-state index in [4.69, 9.17) is 9.47 Å². The molecule has 2 heterocycles. The number of aromatic nitrogens is 1. The zero-order valence-corrected chi connectivity index (χ0v) is 29.1. The molecule has 0 atom stereocenters. The quantitative estimate of drug-likeness (QED) is 0.123. The van der Waals surface area contributed by atoms with Gasteiger partial charge >= 0.3 is 22.4 Å². The van der Waals surface area contributed by atoms with E-state index >= 15 is 4.39 Å². The van der Waals surface area contributed by atoms with E-state index in [2.05, 4.69) is 66.2 Å². The maximum absolute atomic E-state index is 15.0. The van der Waals surface area contributed by atoms with E-state index in [1.807, 2.05) is 60.7 Å². The first kappa shape index (κ1) is 33.0. The molecule has 0 saturated heterocycles. The van der Waals surface area contributed by atoms with Crippen molar-refractivity contribution in [1.29, 1.82) is 0 Å². The van der Waals surface area contributed by atoms with E-state index in [1.54, 1.807) is 36.4 Å². The second-order valence-electron chi connectivity index (χ2n) is 11.7. The van der Waals surface area contributed by atoms with Crippen molar-refractivity contribution in [2.75, 3.05) is 4.90 Å². The Morgan fingerprint density at radius 2 is 1.38 bits per heavy atom. The van der Waals surface area contributed by atoms with Crippen LogP contribution in [0.5, 0.6) is 23.0 Å². The van der Waals surface area contributed by atoms with Gasteiger partial charge in [0.05, 0.1) is 22.9 Å². The zero-order valence-electron chi connectivity index (χ0n) is 26.9. The van der Waals surface area contributed by atoms with Crippen LogP contribution in [0.2, 0.25) is 0 Å². The second kappa shape index (κ2) is 13.8. The molecular formula is C43H27AuF2N2O2. The smallest absolute Gasteiger partial charge is 0.500 e. The van der Waals surface area contributed by atoms with Crippen LogP contribution in [0.25, 0.3) is 33.6 Å². The number of hydrogen-bond donors (Lipinski definition) is 0. The number of para-hydroxylation sites is 5. The predicted octanol–water partition coefficient (Wildman–Crippen LogP) is 11.7. The summed E-state index contributed by atoms with van der Waals surface area (Å²) in [5, 5.41) is 0. The number of aryl methyl sites for hydroxylation is 2. The first-order valence-corrected chi connectivity index (χ1v) is 15.8. The Morgan fingerprint density at radius 3 is 2.04 bits per heavy atom. The summed E-state index contributed by atoms with van der Waals surface area (Å²) in [5.41, 5.74) is 9.00. The maximum atomic E-state index is 15.0. The van der Waals surface area contributed by atoms with E-state index in [9.17, 15) is 4.39 Å². The summed E-state index contributed by atoms with van der Waals surface area (Å²) in [6, 6.07) is 48.2. The molecule has 0 saturated carbocycles. The van der Waals surface area contributed by atoms with E-state index < -0.39 is 11.6 Å². The molecule has 246 valence electrons. The van der Waals surface area contributed by atoms with Gasteiger partial charge in [-0.15, -0.1) is 42.0 Å². The number of fused-ring (bicyclic) bond motifs is 2. The van der Waals surface area contributed by atoms with Gasteiger partial charge in [0.15, 0.2) is 11.5 Å². The molecule has 0 amide bonds. The largest absolute Gasteiger partial charge is 3.00 e. The van der Waals surface area contributed by atoms with Gasteiger partial charge in [-0.25, -0.2) is 0 Å². The molecule has 0 fully saturated rings. The van der Waals surface area contributed by atoms with Gasteiger partial charge in [0.1, 0.15) is 0 Å². The maximum Gasteiger partial charge on any atom is 3.00 e. The number of ether oxygens (including phenoxy) is 2. The number of anilines is 3. The van der Waals surface area contributed by atoms with Crippen molar-refractivity contribution in [1.82, 2.24) is 4.98 Å². The Labute approximate surface area is 305 Å². The number of nitrogens with zero attached hydrogens (tertiary/aromatic N) is 2. The fraction of sp³-hybridized carbons (Fsp3) is 0.0465. The monoisotopic (exact) mass is 838 g/mol. The van der Waals surface area contributed by atoms with Crippen molar-refractivity contribution < 1.29 is 40.6 Å². The van der Waals surface area contributed by atoms with Gasteiger partial charge in [-0.3, -0.25) is 8.78 Å². The number of halogens is 2. The minimum Gasteiger partial charge on any atom is -0.500 e. The van der Waals surface area contributed by atoms with Crippen molar-refractivity contribution in [3.63, 3.8) is 0 Å². The van der Waals surface area contributed by atoms with Crippen molar-refractivity contribution in [3.8, 4) is 56.6 Å². The van der Waals surface area contributed by atoms with Crippen LogP contribution in [0.3, 0.4) is 0 Å². The molecule has 50 heavy (non-hydrogen) atoms. The van der Waals surface area contributed by atoms with Gasteiger partial charge in [0, 0.05) is 17.3 Å². The van der Waals surface area contributed by atoms with Gasteiger partial charge in [0.2, 0.25) is 0 Å². The molecule has 1 aliphatic rings. The molecule has 1 aromatic heterocycles. The molecule has 0 N–H and O–H groups in total. The van der Waals surface area contributed by atoms with Crippen LogP contribution in [0.1, 0.15) is 11.1 Å². The van der Waals surface area contributed by atoms with Crippen LogP contribution in [0.15, 0.2) is 127 Å². The average molecular weight is 839 g/mol. The van der Waals surface area contributed by atoms with Crippen LogP contribution >= 0.6 is 0 Å². The summed E-state index contributed by atoms with van der Waals surface area (Å²) >= 11 is 0. The fourth-order valence-corrected chi connectivity index (χ4v) is 6.26. The van der Waals surface area contributed by atoms with Gasteiger partial charge in [0.25, 0.3) is 0 Å². The molecule has 0 spiro atoms. The van der Waals surface area contributed by atoms with E-state index in [0.29, 0.717) is 17.1 Å². The number of pyridine rings is 1. The van der Waals surface area contributed by atoms with Crippen LogP contribution in [-0.2, 0) is 22.4 Å². The molecule has 7 heteroatoms. The Morgan fingerprint density at radius 1 is 0.700 bits per heavy atom. The molecule has 4 nitrogen and oxygen atoms in total. The molecule has 6 aromatic carbocycles. The number of rotatable bonds is 6. The van der Waals surface area contributed by atoms with Crippen LogP contribution < -0.4 is 14.4 Å². The Hall–Kier alpha value is -5.53. The molecule has 0 bridgehead atoms. The van der Waals surface area contributed by atoms with Crippen molar-refractivity contribution in [3.05, 3.63) is 168 Å². The Kier molecular flexibility index (Phi) is 9.08. The standard InChI is InChI=1S/C43H27F2N2O2.Au/c1-27-23-31(47-38-15-6-8-17-40(38)49-41-18-9-7-16-39(41)47)24-28(2)43(27)30-21-19-29(20-22-30)36-13-10-14-37(46-36)33-25-42(35(45)26-34(33)44)48-32-11-4-3-5-12-32;/h3-11,13-19,21-24,26H,1-2H3;/q-3;+3. The first-order chi connectivity index (χ1) is 23.9. The third kappa shape index (κ3) is 6.21. The molecule has 0 radical (unpaired) electrons. The average Bonchev–Trinajstić information content (AvgIpc) is 3.12. The predicted molar refractivity (Wildman–Crippen MR) is 188 cm³/mol. The van der Waals surface area contributed by atoms with Gasteiger partial charge < -0.3 is 19.4 Å². The minimum atomic E-state index is -0.864. The fourth-order valence-electron chi connectivity index (χ4n) is 6.26. The van der Waals surface area contributed by atoms with Crippen molar-refractivity contribution in [2.45, 2.75) is 13.8 Å². The Balaban J connectivity index is 0.00000392. The molecule has 0 aliphatic carbocycles. The summed E-state index contributed by atoms with van der Waals surface area (Å²) in [5.74, 6) is 0.0246. The molecule has 7 aromatic rings. The normalized spacial score (nSPS) is 11.6. The number of benzene rings is 6. The van der Waals surface area contributed by atoms with E-state index in [1.165, 1.54) is 0 Å². The summed E-state index contributed by atoms with van der Waals surface area (Å²) < 4.78 is 41.4. The van der Waals surface area contributed by atoms with Gasteiger partial charge in [-0.1, -0.05) is 82.4 Å². The van der Waals surface area contributed by atoms with Crippen LogP contribution in [0.4, 0.5) is 25.8 Å². The van der Waals surface area contributed by atoms with Crippen molar-refractivity contribution in [2.24, 2.45) is 0 Å². The van der Waals surface area contributed by atoms with Crippen LogP contribution in [0, 0.1) is 43.7 Å². The van der Waals surface area contributed by atoms with E-state index in [0.717, 1.165) is 62.4 Å². The summed E-state index contributed by atoms with van der Waals surface area (Å²) in [4.78, 5) is 6.92. The minimum absolute atomic E-state index is 0. The van der Waals surface area contributed by atoms with Crippen LogP contribution in [-0.4, -0.2) is 4.98 Å². The SMILES string of the molecule is Cc1cc(N2c3ccccc3Oc3ccccc32)cc(C)c1-c1c[c-]c(-c2cccc(-c3[c-]c(Oc4[c-]cccc4)c(F)cc3F)n2)cc1.[Au+3]. The molecular weight excluding hydrogens is 811 g/mol. The third-order valence-corrected chi connectivity index (χ3v) is 8.43. The Bertz CT molecular complexity index is 2280. The van der Waals surface area contributed by atoms with Gasteiger partial charge in [-0.2, -0.15) is 18.2 Å². The third-order valence-electron chi connectivity index (χ3n) is 8.43. The second-order valence-corrected chi connectivity index (χ2v) is 11.7. The summed E-state index contributed by atoms with van der Waals surface area (Å²) in [7, 11) is 0. The van der Waals surface area contributed by atoms with Crippen molar-refractivity contribution >= 4 is 17.1 Å². The zero-order chi connectivity index (χ0) is 33.5. The molecule has 0 unspecified atom stereocenters. The topological polar surface area (TPSA) is 34.6 Å². The molecule has 1 aliphatic heterocycles. The number of hydrogen-bond acceptors (Lipinski definition) is 4. The van der Waals surface area contributed by atoms with Gasteiger partial charge in [-0.05, 0) is 61.6 Å².